The number of carbonyl (C=O) groups excluding carboxylic acids is 4. The van der Waals surface area contributed by atoms with Crippen LogP contribution >= 0.6 is 42.2 Å². The molecule has 1 aromatic heterocycles. The number of sulfone groups is 1. The molecule has 0 aliphatic heterocycles. The van der Waals surface area contributed by atoms with E-state index in [0.717, 1.165) is 60.0 Å². The monoisotopic (exact) mass is 1190 g/mol. The van der Waals surface area contributed by atoms with E-state index >= 15 is 0 Å². The molecule has 420 valence electrons. The second kappa shape index (κ2) is 28.7. The number of hydrogen-bond donors (Lipinski definition) is 4. The summed E-state index contributed by atoms with van der Waals surface area (Å²) in [5, 5.41) is 23.0. The number of nitrogens with one attached hydrogen (secondary N) is 1. The normalized spacial score (nSPS) is 14.4. The van der Waals surface area contributed by atoms with Crippen molar-refractivity contribution in [2.24, 2.45) is 11.7 Å². The molecule has 0 bridgehead atoms. The Morgan fingerprint density at radius 2 is 1.63 bits per heavy atom. The molecular formula is C45H57Cl3F2N7O16PS2. The van der Waals surface area contributed by atoms with Crippen molar-refractivity contribution in [1.82, 2.24) is 14.3 Å². The lowest BCUT2D eigenvalue weighted by Crippen LogP contribution is -2.43. The SMILES string of the molecule is CCc1cccc(C)c1N(C(=O)CCl)C(C)COC.CP(=O)(O)CCC(N)C(=O)O.CS(=O)(=O)c1ccc(C(=O)C2C(=O)CCCC2=O)c([N+](=O)[O-])c1.Cc1nn(-c2cc(NS(C)(=O)=O)c(Cl)cc2Cl)c(=O)n1C(F)F. The van der Waals surface area contributed by atoms with Crippen LogP contribution in [-0.2, 0) is 54.8 Å². The zero-order chi connectivity index (χ0) is 58.4. The van der Waals surface area contributed by atoms with E-state index in [-0.39, 0.29) is 80.0 Å². The second-order valence-electron chi connectivity index (χ2n) is 17.0. The number of ether oxygens (including phenoxy) is 1. The largest absolute Gasteiger partial charge is 0.480 e. The number of alkyl halides is 3. The quantitative estimate of drug-likeness (QED) is 0.0209. The van der Waals surface area contributed by atoms with Crippen molar-refractivity contribution in [2.75, 3.05) is 54.6 Å². The molecular weight excluding hydrogens is 1130 g/mol. The van der Waals surface area contributed by atoms with E-state index in [2.05, 4.69) is 22.8 Å². The first-order valence-corrected chi connectivity index (χ1v) is 29.6. The van der Waals surface area contributed by atoms with Gasteiger partial charge in [0.2, 0.25) is 15.9 Å². The minimum absolute atomic E-state index is 0.0223. The summed E-state index contributed by atoms with van der Waals surface area (Å²) in [6.45, 7) is 5.90. The third-order valence-electron chi connectivity index (χ3n) is 10.7. The number of carbonyl (C=O) groups is 5. The lowest BCUT2D eigenvalue weighted by molar-refractivity contribution is -0.385. The number of amides is 1. The van der Waals surface area contributed by atoms with Gasteiger partial charge in [0, 0.05) is 45.1 Å². The Morgan fingerprint density at radius 1 is 1.04 bits per heavy atom. The minimum atomic E-state index is -3.70. The molecule has 31 heteroatoms. The molecule has 0 saturated heterocycles. The van der Waals surface area contributed by atoms with Crippen molar-refractivity contribution >= 4 is 108 Å². The van der Waals surface area contributed by atoms with E-state index in [9.17, 15) is 69.1 Å². The van der Waals surface area contributed by atoms with Crippen LogP contribution in [-0.4, -0.2) is 132 Å². The van der Waals surface area contributed by atoms with Crippen LogP contribution in [0.5, 0.6) is 0 Å². The fourth-order valence-corrected chi connectivity index (χ4v) is 9.77. The number of carboxylic acid groups (broad SMARTS) is 1. The lowest BCUT2D eigenvalue weighted by atomic mass is 9.81. The third-order valence-corrected chi connectivity index (χ3v) is 14.3. The van der Waals surface area contributed by atoms with Gasteiger partial charge in [0.15, 0.2) is 34.6 Å². The molecule has 1 aliphatic rings. The van der Waals surface area contributed by atoms with Gasteiger partial charge >= 0.3 is 18.2 Å². The zero-order valence-corrected chi connectivity index (χ0v) is 47.0. The molecule has 1 heterocycles. The maximum atomic E-state index is 12.8. The number of halogens is 5. The Kier molecular flexibility index (Phi) is 25.2. The Bertz CT molecular complexity index is 3140. The van der Waals surface area contributed by atoms with Crippen molar-refractivity contribution in [1.29, 1.82) is 0 Å². The molecule has 3 unspecified atom stereocenters. The molecule has 4 aromatic rings. The van der Waals surface area contributed by atoms with E-state index in [1.807, 2.05) is 26.0 Å². The number of aromatic nitrogens is 3. The second-order valence-corrected chi connectivity index (χ2v) is 24.4. The minimum Gasteiger partial charge on any atom is -0.480 e. The number of sulfonamides is 1. The van der Waals surface area contributed by atoms with Crippen LogP contribution in [0.15, 0.2) is 58.2 Å². The first-order chi connectivity index (χ1) is 35.0. The van der Waals surface area contributed by atoms with Crippen molar-refractivity contribution in [3.63, 3.8) is 0 Å². The number of aliphatic carboxylic acids is 1. The Labute approximate surface area is 451 Å². The molecule has 3 atom stereocenters. The molecule has 5 N–H and O–H groups in total. The van der Waals surface area contributed by atoms with Crippen LogP contribution in [0.2, 0.25) is 10.0 Å². The van der Waals surface area contributed by atoms with Crippen LogP contribution in [0.4, 0.5) is 25.8 Å². The van der Waals surface area contributed by atoms with E-state index in [1.165, 1.54) is 19.7 Å². The lowest BCUT2D eigenvalue weighted by Gasteiger charge is -2.31. The number of anilines is 2. The highest BCUT2D eigenvalue weighted by molar-refractivity contribution is 7.92. The van der Waals surface area contributed by atoms with Gasteiger partial charge in [0.05, 0.1) is 61.4 Å². The van der Waals surface area contributed by atoms with E-state index in [4.69, 9.17) is 55.3 Å². The summed E-state index contributed by atoms with van der Waals surface area (Å²) >= 11 is 17.6. The summed E-state index contributed by atoms with van der Waals surface area (Å²) in [4.78, 5) is 90.8. The van der Waals surface area contributed by atoms with Gasteiger partial charge in [-0.05, 0) is 75.4 Å². The van der Waals surface area contributed by atoms with Gasteiger partial charge in [0.25, 0.3) is 5.69 Å². The molecule has 0 radical (unpaired) electrons. The first kappa shape index (κ1) is 66.6. The van der Waals surface area contributed by atoms with Crippen molar-refractivity contribution in [3.05, 3.63) is 102 Å². The molecule has 1 fully saturated rings. The maximum absolute atomic E-state index is 12.8. The number of carboxylic acids is 1. The highest BCUT2D eigenvalue weighted by Crippen LogP contribution is 2.36. The topological polar surface area (TPSA) is 345 Å². The molecule has 3 aromatic carbocycles. The highest BCUT2D eigenvalue weighted by Gasteiger charge is 2.39. The van der Waals surface area contributed by atoms with Crippen LogP contribution in [0.1, 0.15) is 73.4 Å². The fraction of sp³-hybridized carbons (Fsp3) is 0.444. The van der Waals surface area contributed by atoms with Crippen LogP contribution in [0.25, 0.3) is 5.69 Å². The Hall–Kier alpha value is -5.51. The number of nitro benzene ring substituents is 1. The van der Waals surface area contributed by atoms with Gasteiger partial charge in [-0.3, -0.25) is 43.4 Å². The molecule has 5 rings (SSSR count). The molecule has 23 nitrogen and oxygen atoms in total. The van der Waals surface area contributed by atoms with Gasteiger partial charge in [-0.25, -0.2) is 26.2 Å². The number of nitrogens with zero attached hydrogens (tertiary/aromatic N) is 5. The molecule has 76 heavy (non-hydrogen) atoms. The Balaban J connectivity index is 0.000000357. The number of nitro groups is 1. The summed E-state index contributed by atoms with van der Waals surface area (Å²) in [6, 6.07) is 10.1. The number of ketones is 3. The maximum Gasteiger partial charge on any atom is 0.355 e. The van der Waals surface area contributed by atoms with Gasteiger partial charge in [0.1, 0.15) is 23.7 Å². The summed E-state index contributed by atoms with van der Waals surface area (Å²) in [5.41, 5.74) is 5.86. The molecule has 1 amide bonds. The fourth-order valence-electron chi connectivity index (χ4n) is 7.11. The van der Waals surface area contributed by atoms with Crippen LogP contribution in [0, 0.1) is 29.9 Å². The third kappa shape index (κ3) is 19.2. The summed E-state index contributed by atoms with van der Waals surface area (Å²) < 4.78 is 90.1. The predicted octanol–water partition coefficient (Wildman–Crippen LogP) is 6.39. The highest BCUT2D eigenvalue weighted by atomic mass is 35.5. The number of hydrogen-bond acceptors (Lipinski definition) is 16. The van der Waals surface area contributed by atoms with Gasteiger partial charge in [-0.1, -0.05) is 48.3 Å². The number of benzene rings is 3. The molecule has 0 spiro atoms. The van der Waals surface area contributed by atoms with Crippen LogP contribution < -0.4 is 21.0 Å². The number of aryl methyl sites for hydroxylation is 3. The summed E-state index contributed by atoms with van der Waals surface area (Å²) in [5.74, 6) is -5.09. The number of Topliss-reactive ketones (excluding diaryl/α,β-unsaturated/α-hetero) is 3. The number of para-hydroxylation sites is 1. The average molecular weight is 1190 g/mol. The van der Waals surface area contributed by atoms with Crippen molar-refractivity contribution < 1.29 is 73.8 Å². The summed E-state index contributed by atoms with van der Waals surface area (Å²) in [6.07, 6.45) is 3.15. The molecule has 1 saturated carbocycles. The zero-order valence-electron chi connectivity index (χ0n) is 42.2. The van der Waals surface area contributed by atoms with E-state index in [0.29, 0.717) is 17.7 Å². The van der Waals surface area contributed by atoms with E-state index in [1.54, 1.807) is 12.0 Å². The van der Waals surface area contributed by atoms with E-state index < -0.39 is 90.9 Å². The van der Waals surface area contributed by atoms with Gasteiger partial charge in [-0.2, -0.15) is 13.5 Å². The number of rotatable bonds is 18. The van der Waals surface area contributed by atoms with Gasteiger partial charge < -0.3 is 25.4 Å². The smallest absolute Gasteiger partial charge is 0.355 e. The average Bonchev–Trinajstić information content (AvgIpc) is 3.61. The van der Waals surface area contributed by atoms with Crippen molar-refractivity contribution in [3.8, 4) is 5.69 Å². The van der Waals surface area contributed by atoms with Crippen LogP contribution in [0.3, 0.4) is 0 Å². The number of nitrogens with two attached hydrogens (primary N) is 1. The predicted molar refractivity (Wildman–Crippen MR) is 281 cm³/mol. The van der Waals surface area contributed by atoms with Gasteiger partial charge in [-0.15, -0.1) is 16.7 Å². The molecule has 1 aliphatic carbocycles. The Morgan fingerprint density at radius 3 is 2.09 bits per heavy atom. The first-order valence-electron chi connectivity index (χ1n) is 22.3. The number of methoxy groups -OCH3 is 1. The van der Waals surface area contributed by atoms with Crippen molar-refractivity contribution in [2.45, 2.75) is 83.3 Å². The standard InChI is InChI=1S/C15H22ClNO2.C14H13NO7S.C11H10Cl2F2N4O3S.C5H12NO4P/c1-5-13-8-6-7-11(2)15(13)17(14(18)9-16)12(3)10-19-4;1-23(21,22)8-5-6-9(10(7-8)15(19)20)14(18)13-11(16)3-2-4-12(13)17;1-5-16-19(11(20)18(5)10(14)15)9-4-8(17-23(2,21)22)6(12)3-7(9)13;1-11(9,10)3-2-4(6)5(7)8/h6-8,12H,5,9-10H2,1-4H3;5-7,13H,2-4H2,1H3;3-4,10,17H,1-2H3;4H,2-3,6H2,1H3,(H,7,8)(H,9,10). The summed E-state index contributed by atoms with van der Waals surface area (Å²) in [7, 11) is -8.81.